The van der Waals surface area contributed by atoms with Crippen molar-refractivity contribution in [2.24, 2.45) is 0 Å². The summed E-state index contributed by atoms with van der Waals surface area (Å²) < 4.78 is 18.8. The van der Waals surface area contributed by atoms with E-state index in [9.17, 15) is 9.18 Å². The van der Waals surface area contributed by atoms with Gasteiger partial charge in [0, 0.05) is 24.8 Å². The van der Waals surface area contributed by atoms with E-state index in [0.717, 1.165) is 5.56 Å². The van der Waals surface area contributed by atoms with E-state index < -0.39 is 0 Å². The number of nitrogens with one attached hydrogen (secondary N) is 2. The van der Waals surface area contributed by atoms with Crippen LogP contribution in [0.25, 0.3) is 0 Å². The summed E-state index contributed by atoms with van der Waals surface area (Å²) in [5, 5.41) is 5.44. The molecule has 1 aromatic heterocycles. The second-order valence-electron chi connectivity index (χ2n) is 4.85. The van der Waals surface area contributed by atoms with Gasteiger partial charge >= 0.3 is 6.03 Å². The van der Waals surface area contributed by atoms with Crippen molar-refractivity contribution in [3.8, 4) is 5.88 Å². The van der Waals surface area contributed by atoms with Crippen LogP contribution in [-0.2, 0) is 13.0 Å². The molecule has 0 unspecified atom stereocenters. The first kappa shape index (κ1) is 16.7. The summed E-state index contributed by atoms with van der Waals surface area (Å²) >= 11 is 0. The molecule has 6 heteroatoms. The molecule has 2 aromatic rings. The minimum Gasteiger partial charge on any atom is -0.478 e. The summed E-state index contributed by atoms with van der Waals surface area (Å²) in [5.74, 6) is 0.257. The van der Waals surface area contributed by atoms with Gasteiger partial charge in [0.25, 0.3) is 0 Å². The molecule has 0 aliphatic rings. The predicted octanol–water partition coefficient (Wildman–Crippen LogP) is 2.66. The molecule has 1 aromatic carbocycles. The molecule has 122 valence electrons. The third kappa shape index (κ3) is 5.25. The molecule has 2 N–H and O–H groups in total. The smallest absolute Gasteiger partial charge is 0.315 e. The Balaban J connectivity index is 1.76. The van der Waals surface area contributed by atoms with E-state index in [1.807, 2.05) is 13.0 Å². The molecule has 5 nitrogen and oxygen atoms in total. The van der Waals surface area contributed by atoms with E-state index >= 15 is 0 Å². The fraction of sp³-hybridized carbons (Fsp3) is 0.294. The van der Waals surface area contributed by atoms with Crippen LogP contribution in [0, 0.1) is 5.82 Å². The highest BCUT2D eigenvalue weighted by molar-refractivity contribution is 5.73. The van der Waals surface area contributed by atoms with Gasteiger partial charge in [-0.2, -0.15) is 0 Å². The number of hydrogen-bond acceptors (Lipinski definition) is 3. The van der Waals surface area contributed by atoms with Gasteiger partial charge < -0.3 is 15.4 Å². The number of benzene rings is 1. The zero-order valence-electron chi connectivity index (χ0n) is 13.0. The summed E-state index contributed by atoms with van der Waals surface area (Å²) in [6.45, 7) is 3.06. The Bertz CT molecular complexity index is 649. The van der Waals surface area contributed by atoms with E-state index in [-0.39, 0.29) is 11.8 Å². The van der Waals surface area contributed by atoms with Gasteiger partial charge in [0.1, 0.15) is 5.82 Å². The van der Waals surface area contributed by atoms with E-state index in [1.165, 1.54) is 6.07 Å². The fourth-order valence-corrected chi connectivity index (χ4v) is 2.08. The van der Waals surface area contributed by atoms with E-state index in [4.69, 9.17) is 4.74 Å². The zero-order valence-corrected chi connectivity index (χ0v) is 13.0. The Morgan fingerprint density at radius 3 is 2.74 bits per heavy atom. The Labute approximate surface area is 134 Å². The number of carbonyl (C=O) groups is 1. The Hall–Kier alpha value is -2.63. The maximum atomic E-state index is 13.5. The van der Waals surface area contributed by atoms with E-state index in [0.29, 0.717) is 37.6 Å². The Morgan fingerprint density at radius 1 is 1.17 bits per heavy atom. The largest absolute Gasteiger partial charge is 0.478 e. The highest BCUT2D eigenvalue weighted by Gasteiger charge is 2.07. The van der Waals surface area contributed by atoms with Gasteiger partial charge in [-0.15, -0.1) is 0 Å². The topological polar surface area (TPSA) is 63.2 Å². The second-order valence-corrected chi connectivity index (χ2v) is 4.85. The van der Waals surface area contributed by atoms with Crippen molar-refractivity contribution >= 4 is 6.03 Å². The molecule has 0 spiro atoms. The lowest BCUT2D eigenvalue weighted by Gasteiger charge is -2.11. The SMILES string of the molecule is CCOc1ncccc1CNC(=O)NCCc1ccccc1F. The highest BCUT2D eigenvalue weighted by Crippen LogP contribution is 2.13. The molecule has 0 fully saturated rings. The molecular formula is C17H20FN3O2. The standard InChI is InChI=1S/C17H20FN3O2/c1-2-23-16-14(7-5-10-19-16)12-21-17(22)20-11-9-13-6-3-4-8-15(13)18/h3-8,10H,2,9,11-12H2,1H3,(H2,20,21,22). The molecular weight excluding hydrogens is 297 g/mol. The third-order valence-corrected chi connectivity index (χ3v) is 3.21. The molecule has 23 heavy (non-hydrogen) atoms. The van der Waals surface area contributed by atoms with Gasteiger partial charge in [0.2, 0.25) is 5.88 Å². The molecule has 0 saturated heterocycles. The van der Waals surface area contributed by atoms with Crippen LogP contribution in [0.5, 0.6) is 5.88 Å². The predicted molar refractivity (Wildman–Crippen MR) is 85.7 cm³/mol. The van der Waals surface area contributed by atoms with Crippen LogP contribution in [0.15, 0.2) is 42.6 Å². The van der Waals surface area contributed by atoms with Gasteiger partial charge in [-0.3, -0.25) is 0 Å². The lowest BCUT2D eigenvalue weighted by Crippen LogP contribution is -2.36. The van der Waals surface area contributed by atoms with Gasteiger partial charge in [-0.25, -0.2) is 14.2 Å². The first-order chi connectivity index (χ1) is 11.2. The van der Waals surface area contributed by atoms with Crippen LogP contribution >= 0.6 is 0 Å². The molecule has 0 aliphatic carbocycles. The molecule has 0 radical (unpaired) electrons. The molecule has 2 amide bonds. The maximum absolute atomic E-state index is 13.5. The summed E-state index contributed by atoms with van der Waals surface area (Å²) in [6, 6.07) is 9.85. The number of amides is 2. The average Bonchev–Trinajstić information content (AvgIpc) is 2.56. The Kier molecular flexibility index (Phi) is 6.35. The highest BCUT2D eigenvalue weighted by atomic mass is 19.1. The minimum atomic E-state index is -0.312. The van der Waals surface area contributed by atoms with Crippen molar-refractivity contribution < 1.29 is 13.9 Å². The number of rotatable bonds is 7. The van der Waals surface area contributed by atoms with Crippen LogP contribution in [0.1, 0.15) is 18.1 Å². The quantitative estimate of drug-likeness (QED) is 0.825. The number of halogens is 1. The van der Waals surface area contributed by atoms with Gasteiger partial charge in [0.15, 0.2) is 0 Å². The number of ether oxygens (including phenoxy) is 1. The van der Waals surface area contributed by atoms with Crippen LogP contribution < -0.4 is 15.4 Å². The normalized spacial score (nSPS) is 10.2. The fourth-order valence-electron chi connectivity index (χ4n) is 2.08. The molecule has 0 saturated carbocycles. The van der Waals surface area contributed by atoms with Crippen LogP contribution in [-0.4, -0.2) is 24.2 Å². The van der Waals surface area contributed by atoms with Crippen molar-refractivity contribution in [3.63, 3.8) is 0 Å². The number of urea groups is 1. The second kappa shape index (κ2) is 8.73. The number of hydrogen-bond donors (Lipinski definition) is 2. The van der Waals surface area contributed by atoms with E-state index in [1.54, 1.807) is 30.5 Å². The Morgan fingerprint density at radius 2 is 1.96 bits per heavy atom. The number of carbonyl (C=O) groups excluding carboxylic acids is 1. The monoisotopic (exact) mass is 317 g/mol. The van der Waals surface area contributed by atoms with Gasteiger partial charge in [-0.1, -0.05) is 24.3 Å². The number of aromatic nitrogens is 1. The van der Waals surface area contributed by atoms with Crippen molar-refractivity contribution in [2.75, 3.05) is 13.2 Å². The molecule has 0 atom stereocenters. The summed E-state index contributed by atoms with van der Waals surface area (Å²) in [6.07, 6.45) is 2.08. The van der Waals surface area contributed by atoms with Crippen molar-refractivity contribution in [2.45, 2.75) is 19.9 Å². The van der Waals surface area contributed by atoms with Gasteiger partial charge in [-0.05, 0) is 31.0 Å². The third-order valence-electron chi connectivity index (χ3n) is 3.21. The van der Waals surface area contributed by atoms with E-state index in [2.05, 4.69) is 15.6 Å². The summed E-state index contributed by atoms with van der Waals surface area (Å²) in [5.41, 5.74) is 1.39. The lowest BCUT2D eigenvalue weighted by molar-refractivity contribution is 0.240. The van der Waals surface area contributed by atoms with Crippen LogP contribution in [0.3, 0.4) is 0 Å². The first-order valence-corrected chi connectivity index (χ1v) is 7.52. The molecule has 1 heterocycles. The number of pyridine rings is 1. The maximum Gasteiger partial charge on any atom is 0.315 e. The lowest BCUT2D eigenvalue weighted by atomic mass is 10.1. The average molecular weight is 317 g/mol. The first-order valence-electron chi connectivity index (χ1n) is 7.52. The summed E-state index contributed by atoms with van der Waals surface area (Å²) in [4.78, 5) is 15.9. The summed E-state index contributed by atoms with van der Waals surface area (Å²) in [7, 11) is 0. The van der Waals surface area contributed by atoms with Crippen LogP contribution in [0.2, 0.25) is 0 Å². The minimum absolute atomic E-state index is 0.258. The van der Waals surface area contributed by atoms with Crippen LogP contribution in [0.4, 0.5) is 9.18 Å². The van der Waals surface area contributed by atoms with Crippen molar-refractivity contribution in [3.05, 3.63) is 59.5 Å². The molecule has 0 bridgehead atoms. The molecule has 0 aliphatic heterocycles. The zero-order chi connectivity index (χ0) is 16.5. The number of nitrogens with zero attached hydrogens (tertiary/aromatic N) is 1. The van der Waals surface area contributed by atoms with Crippen molar-refractivity contribution in [1.82, 2.24) is 15.6 Å². The van der Waals surface area contributed by atoms with Gasteiger partial charge in [0.05, 0.1) is 6.61 Å². The molecule has 2 rings (SSSR count). The van der Waals surface area contributed by atoms with Crippen molar-refractivity contribution in [1.29, 1.82) is 0 Å².